The molecule has 0 bridgehead atoms. The highest BCUT2D eigenvalue weighted by molar-refractivity contribution is 14.1. The predicted molar refractivity (Wildman–Crippen MR) is 49.1 cm³/mol. The van der Waals surface area contributed by atoms with E-state index in [0.29, 0.717) is 5.82 Å². The third-order valence-corrected chi connectivity index (χ3v) is 3.03. The molecule has 2 N–H and O–H groups in total. The zero-order chi connectivity index (χ0) is 6.85. The first-order chi connectivity index (χ1) is 4.20. The Hall–Kier alpha value is 0.160. The Kier molecular flexibility index (Phi) is 2.29. The third kappa shape index (κ3) is 1.79. The second-order valence-corrected chi connectivity index (χ2v) is 3.38. The van der Waals surface area contributed by atoms with E-state index in [1.807, 2.05) is 6.07 Å². The van der Waals surface area contributed by atoms with Gasteiger partial charge in [0.15, 0.2) is 0 Å². The van der Waals surface area contributed by atoms with Gasteiger partial charge in [0.2, 0.25) is 0 Å². The summed E-state index contributed by atoms with van der Waals surface area (Å²) in [7, 11) is 0. The largest absolute Gasteiger partial charge is 0.384 e. The van der Waals surface area contributed by atoms with Crippen molar-refractivity contribution in [2.45, 2.75) is 0 Å². The van der Waals surface area contributed by atoms with Crippen LogP contribution >= 0.6 is 38.5 Å². The van der Waals surface area contributed by atoms with Gasteiger partial charge in [0.05, 0.1) is 0 Å². The molecule has 0 radical (unpaired) electrons. The normalized spacial score (nSPS) is 9.56. The van der Waals surface area contributed by atoms with Crippen molar-refractivity contribution in [3.8, 4) is 0 Å². The minimum atomic E-state index is 0.558. The van der Waals surface area contributed by atoms with Gasteiger partial charge in [-0.2, -0.15) is 0 Å². The molecule has 1 aromatic heterocycles. The average molecular weight is 299 g/mol. The van der Waals surface area contributed by atoms with Crippen LogP contribution < -0.4 is 5.73 Å². The highest BCUT2D eigenvalue weighted by Crippen LogP contribution is 2.16. The molecule has 0 saturated heterocycles. The van der Waals surface area contributed by atoms with Crippen LogP contribution in [0.15, 0.2) is 16.6 Å². The maximum Gasteiger partial charge on any atom is 0.124 e. The summed E-state index contributed by atoms with van der Waals surface area (Å²) in [4.78, 5) is 3.99. The Bertz CT molecular complexity index is 226. The number of hydrogen-bond donors (Lipinski definition) is 1. The van der Waals surface area contributed by atoms with Crippen LogP contribution in [0.1, 0.15) is 0 Å². The summed E-state index contributed by atoms with van der Waals surface area (Å²) < 4.78 is 1.88. The van der Waals surface area contributed by atoms with Crippen molar-refractivity contribution in [2.24, 2.45) is 0 Å². The van der Waals surface area contributed by atoms with E-state index in [0.717, 1.165) is 8.17 Å². The zero-order valence-corrected chi connectivity index (χ0v) is 8.18. The molecule has 0 fully saturated rings. The summed E-state index contributed by atoms with van der Waals surface area (Å²) in [6.45, 7) is 0. The first-order valence-corrected chi connectivity index (χ1v) is 4.15. The van der Waals surface area contributed by atoms with Crippen LogP contribution in [0.4, 0.5) is 5.82 Å². The molecule has 0 unspecified atom stereocenters. The predicted octanol–water partition coefficient (Wildman–Crippen LogP) is 2.03. The van der Waals surface area contributed by atoms with E-state index >= 15 is 0 Å². The van der Waals surface area contributed by atoms with Crippen molar-refractivity contribution < 1.29 is 0 Å². The summed E-state index contributed by atoms with van der Waals surface area (Å²) in [5, 5.41) is 0. The molecular formula is C5H4BrIN2. The lowest BCUT2D eigenvalue weighted by Gasteiger charge is -1.94. The molecule has 1 rings (SSSR count). The number of nitrogen functional groups attached to an aromatic ring is 1. The second-order valence-electron chi connectivity index (χ2n) is 1.51. The lowest BCUT2D eigenvalue weighted by Crippen LogP contribution is -1.91. The van der Waals surface area contributed by atoms with Crippen molar-refractivity contribution >= 4 is 44.3 Å². The SMILES string of the molecule is Nc1ccc(Br)c(I)n1. The topological polar surface area (TPSA) is 38.9 Å². The fraction of sp³-hybridized carbons (Fsp3) is 0. The van der Waals surface area contributed by atoms with Crippen LogP contribution in [0, 0.1) is 3.70 Å². The molecule has 0 aromatic carbocycles. The molecule has 1 heterocycles. The fourth-order valence-corrected chi connectivity index (χ4v) is 1.11. The van der Waals surface area contributed by atoms with Crippen molar-refractivity contribution in [3.63, 3.8) is 0 Å². The molecule has 0 aliphatic rings. The fourth-order valence-electron chi connectivity index (χ4n) is 0.431. The first-order valence-electron chi connectivity index (χ1n) is 2.27. The van der Waals surface area contributed by atoms with E-state index < -0.39 is 0 Å². The molecule has 1 aromatic rings. The van der Waals surface area contributed by atoms with Gasteiger partial charge in [-0.05, 0) is 50.7 Å². The highest BCUT2D eigenvalue weighted by Gasteiger charge is 1.94. The van der Waals surface area contributed by atoms with E-state index in [1.165, 1.54) is 0 Å². The maximum atomic E-state index is 5.39. The molecule has 2 nitrogen and oxygen atoms in total. The monoisotopic (exact) mass is 298 g/mol. The average Bonchev–Trinajstić information content (AvgIpc) is 1.80. The Labute approximate surface area is 75.1 Å². The molecule has 9 heavy (non-hydrogen) atoms. The summed E-state index contributed by atoms with van der Waals surface area (Å²) in [5.74, 6) is 0.558. The van der Waals surface area contributed by atoms with Gasteiger partial charge >= 0.3 is 0 Å². The molecule has 4 heteroatoms. The first kappa shape index (κ1) is 7.27. The van der Waals surface area contributed by atoms with Gasteiger partial charge in [-0.3, -0.25) is 0 Å². The standard InChI is InChI=1S/C5H4BrIN2/c6-3-1-2-4(8)9-5(3)7/h1-2H,(H2,8,9). The van der Waals surface area contributed by atoms with Crippen LogP contribution in [0.5, 0.6) is 0 Å². The molecule has 0 saturated carbocycles. The molecule has 0 aliphatic carbocycles. The van der Waals surface area contributed by atoms with Crippen molar-refractivity contribution in [3.05, 3.63) is 20.3 Å². The number of nitrogens with zero attached hydrogens (tertiary/aromatic N) is 1. The quantitative estimate of drug-likeness (QED) is 0.588. The van der Waals surface area contributed by atoms with E-state index in [2.05, 4.69) is 43.5 Å². The molecule has 0 atom stereocenters. The summed E-state index contributed by atoms with van der Waals surface area (Å²) in [6, 6.07) is 3.64. The Morgan fingerprint density at radius 2 is 2.22 bits per heavy atom. The summed E-state index contributed by atoms with van der Waals surface area (Å²) in [5.41, 5.74) is 5.39. The van der Waals surface area contributed by atoms with Crippen LogP contribution in [-0.4, -0.2) is 4.98 Å². The molecule has 0 amide bonds. The molecule has 48 valence electrons. The van der Waals surface area contributed by atoms with Gasteiger partial charge in [0.25, 0.3) is 0 Å². The van der Waals surface area contributed by atoms with Gasteiger partial charge in [-0.15, -0.1) is 0 Å². The van der Waals surface area contributed by atoms with E-state index in [9.17, 15) is 0 Å². The van der Waals surface area contributed by atoms with Gasteiger partial charge in [0.1, 0.15) is 9.52 Å². The lowest BCUT2D eigenvalue weighted by atomic mass is 10.5. The number of pyridine rings is 1. The Balaban J connectivity index is 3.17. The highest BCUT2D eigenvalue weighted by atomic mass is 127. The number of rotatable bonds is 0. The maximum absolute atomic E-state index is 5.39. The minimum absolute atomic E-state index is 0.558. The van der Waals surface area contributed by atoms with Crippen molar-refractivity contribution in [1.29, 1.82) is 0 Å². The summed E-state index contributed by atoms with van der Waals surface area (Å²) in [6.07, 6.45) is 0. The third-order valence-electron chi connectivity index (χ3n) is 0.825. The minimum Gasteiger partial charge on any atom is -0.384 e. The van der Waals surface area contributed by atoms with Crippen molar-refractivity contribution in [1.82, 2.24) is 4.98 Å². The van der Waals surface area contributed by atoms with Crippen LogP contribution in [0.2, 0.25) is 0 Å². The molecule has 0 aliphatic heterocycles. The van der Waals surface area contributed by atoms with Gasteiger partial charge < -0.3 is 5.73 Å². The van der Waals surface area contributed by atoms with Crippen LogP contribution in [0.3, 0.4) is 0 Å². The van der Waals surface area contributed by atoms with Crippen molar-refractivity contribution in [2.75, 3.05) is 5.73 Å². The second kappa shape index (κ2) is 2.83. The van der Waals surface area contributed by atoms with Gasteiger partial charge in [-0.1, -0.05) is 0 Å². The Morgan fingerprint density at radius 3 is 2.67 bits per heavy atom. The zero-order valence-electron chi connectivity index (χ0n) is 4.44. The van der Waals surface area contributed by atoms with Crippen LogP contribution in [-0.2, 0) is 0 Å². The smallest absolute Gasteiger partial charge is 0.124 e. The number of anilines is 1. The van der Waals surface area contributed by atoms with Crippen LogP contribution in [0.25, 0.3) is 0 Å². The number of halogens is 2. The number of aromatic nitrogens is 1. The van der Waals surface area contributed by atoms with Gasteiger partial charge in [0, 0.05) is 4.47 Å². The van der Waals surface area contributed by atoms with E-state index in [1.54, 1.807) is 6.07 Å². The molecule has 0 spiro atoms. The van der Waals surface area contributed by atoms with E-state index in [-0.39, 0.29) is 0 Å². The summed E-state index contributed by atoms with van der Waals surface area (Å²) >= 11 is 5.42. The lowest BCUT2D eigenvalue weighted by molar-refractivity contribution is 1.26. The number of hydrogen-bond acceptors (Lipinski definition) is 2. The van der Waals surface area contributed by atoms with E-state index in [4.69, 9.17) is 5.73 Å². The molecular weight excluding hydrogens is 295 g/mol. The Morgan fingerprint density at radius 1 is 1.56 bits per heavy atom. The number of nitrogens with two attached hydrogens (primary N) is 1. The van der Waals surface area contributed by atoms with Gasteiger partial charge in [-0.25, -0.2) is 4.98 Å².